The molecule has 0 unspecified atom stereocenters. The minimum absolute atomic E-state index is 0.299. The van der Waals surface area contributed by atoms with Crippen molar-refractivity contribution in [3.05, 3.63) is 17.4 Å². The zero-order chi connectivity index (χ0) is 13.1. The molecule has 1 fully saturated rings. The number of carbonyl (C=O) groups is 1. The third-order valence-electron chi connectivity index (χ3n) is 2.63. The predicted octanol–water partition coefficient (Wildman–Crippen LogP) is 1.88. The molecule has 1 heterocycles. The highest BCUT2D eigenvalue weighted by Gasteiger charge is 2.30. The fourth-order valence-corrected chi connectivity index (χ4v) is 2.51. The van der Waals surface area contributed by atoms with Crippen LogP contribution in [0, 0.1) is 0 Å². The second kappa shape index (κ2) is 5.75. The van der Waals surface area contributed by atoms with Crippen molar-refractivity contribution >= 4 is 29.3 Å². The van der Waals surface area contributed by atoms with E-state index in [0.717, 1.165) is 23.8 Å². The van der Waals surface area contributed by atoms with E-state index in [1.165, 1.54) is 11.8 Å². The first-order valence-corrected chi connectivity index (χ1v) is 7.11. The van der Waals surface area contributed by atoms with Crippen LogP contribution in [-0.2, 0) is 11.3 Å². The highest BCUT2D eigenvalue weighted by molar-refractivity contribution is 7.99. The van der Waals surface area contributed by atoms with Crippen molar-refractivity contribution in [2.45, 2.75) is 36.9 Å². The zero-order valence-corrected chi connectivity index (χ0v) is 11.5. The number of hydrogen-bond acceptors (Lipinski definition) is 4. The molecule has 18 heavy (non-hydrogen) atoms. The van der Waals surface area contributed by atoms with Gasteiger partial charge in [-0.3, -0.25) is 4.79 Å². The number of primary amides is 1. The number of carbonyl (C=O) groups excluding carboxylic acids is 1. The van der Waals surface area contributed by atoms with E-state index in [0.29, 0.717) is 29.7 Å². The third kappa shape index (κ3) is 3.49. The van der Waals surface area contributed by atoms with Gasteiger partial charge in [0.15, 0.2) is 5.16 Å². The summed E-state index contributed by atoms with van der Waals surface area (Å²) in [6.07, 6.45) is 2.58. The number of halogens is 1. The summed E-state index contributed by atoms with van der Waals surface area (Å²) in [6.45, 7) is 4.17. The van der Waals surface area contributed by atoms with E-state index < -0.39 is 0 Å². The summed E-state index contributed by atoms with van der Waals surface area (Å²) in [5.41, 5.74) is 5.19. The van der Waals surface area contributed by atoms with Crippen LogP contribution in [0.15, 0.2) is 16.8 Å². The summed E-state index contributed by atoms with van der Waals surface area (Å²) in [5.74, 6) is 1.71. The molecule has 1 aliphatic rings. The Kier molecular flexibility index (Phi) is 4.29. The lowest BCUT2D eigenvalue weighted by Crippen LogP contribution is -2.15. The lowest BCUT2D eigenvalue weighted by atomic mass is 10.3. The van der Waals surface area contributed by atoms with Crippen molar-refractivity contribution in [3.8, 4) is 0 Å². The van der Waals surface area contributed by atoms with Crippen molar-refractivity contribution in [1.29, 1.82) is 0 Å². The van der Waals surface area contributed by atoms with Gasteiger partial charge >= 0.3 is 0 Å². The quantitative estimate of drug-likeness (QED) is 0.777. The molecule has 0 aliphatic heterocycles. The van der Waals surface area contributed by atoms with Gasteiger partial charge in [-0.25, -0.2) is 0 Å². The predicted molar refractivity (Wildman–Crippen MR) is 71.5 cm³/mol. The van der Waals surface area contributed by atoms with Crippen LogP contribution in [0.2, 0.25) is 0 Å². The summed E-state index contributed by atoms with van der Waals surface area (Å²) in [5, 5.41) is 9.70. The molecule has 2 N–H and O–H groups in total. The van der Waals surface area contributed by atoms with E-state index in [2.05, 4.69) is 16.8 Å². The fraction of sp³-hybridized carbons (Fsp3) is 0.545. The van der Waals surface area contributed by atoms with Crippen LogP contribution < -0.4 is 5.73 Å². The Morgan fingerprint density at radius 1 is 1.56 bits per heavy atom. The molecule has 7 heteroatoms. The molecule has 1 amide bonds. The number of hydrogen-bond donors (Lipinski definition) is 1. The summed E-state index contributed by atoms with van der Waals surface area (Å²) in [6, 6.07) is 0. The summed E-state index contributed by atoms with van der Waals surface area (Å²) in [7, 11) is 0. The molecule has 1 saturated carbocycles. The van der Waals surface area contributed by atoms with Gasteiger partial charge in [0.1, 0.15) is 5.82 Å². The molecule has 1 aliphatic carbocycles. The Morgan fingerprint density at radius 2 is 2.28 bits per heavy atom. The second-order valence-corrected chi connectivity index (χ2v) is 5.77. The van der Waals surface area contributed by atoms with Gasteiger partial charge in [-0.1, -0.05) is 29.9 Å². The minimum atomic E-state index is -0.317. The highest BCUT2D eigenvalue weighted by atomic mass is 35.5. The number of thioether (sulfide) groups is 1. The summed E-state index contributed by atoms with van der Waals surface area (Å²) in [4.78, 5) is 10.9. The number of aromatic nitrogens is 3. The van der Waals surface area contributed by atoms with E-state index in [9.17, 15) is 4.79 Å². The first-order chi connectivity index (χ1) is 8.58. The van der Waals surface area contributed by atoms with Crippen LogP contribution in [0.4, 0.5) is 0 Å². The third-order valence-corrected chi connectivity index (χ3v) is 3.97. The normalized spacial score (nSPS) is 14.7. The van der Waals surface area contributed by atoms with E-state index in [1.54, 1.807) is 0 Å². The van der Waals surface area contributed by atoms with Crippen molar-refractivity contribution < 1.29 is 4.79 Å². The van der Waals surface area contributed by atoms with Gasteiger partial charge < -0.3 is 10.3 Å². The molecule has 5 nitrogen and oxygen atoms in total. The Balaban J connectivity index is 2.11. The Hall–Kier alpha value is -1.01. The van der Waals surface area contributed by atoms with Crippen LogP contribution in [-0.4, -0.2) is 26.4 Å². The number of amides is 1. The average molecular weight is 287 g/mol. The van der Waals surface area contributed by atoms with E-state index in [1.807, 2.05) is 4.57 Å². The van der Waals surface area contributed by atoms with Gasteiger partial charge in [0.2, 0.25) is 5.91 Å². The molecule has 0 saturated heterocycles. The maximum atomic E-state index is 10.9. The standard InChI is InChI=1S/C11H15ClN4OS/c1-7(12)6-18-11-15-14-10(8-2-3-8)16(11)5-4-9(13)17/h8H,1-6H2,(H2,13,17). The molecule has 2 rings (SSSR count). The SMILES string of the molecule is C=C(Cl)CSc1nnc(C2CC2)n1CCC(N)=O. The van der Waals surface area contributed by atoms with Crippen LogP contribution in [0.25, 0.3) is 0 Å². The van der Waals surface area contributed by atoms with Gasteiger partial charge in [0.25, 0.3) is 0 Å². The molecule has 0 radical (unpaired) electrons. The van der Waals surface area contributed by atoms with Gasteiger partial charge in [-0.15, -0.1) is 10.2 Å². The van der Waals surface area contributed by atoms with E-state index in [-0.39, 0.29) is 5.91 Å². The Labute approximate surface area is 115 Å². The largest absolute Gasteiger partial charge is 0.370 e. The molecular weight excluding hydrogens is 272 g/mol. The number of rotatable bonds is 7. The maximum absolute atomic E-state index is 10.9. The highest BCUT2D eigenvalue weighted by Crippen LogP contribution is 2.40. The zero-order valence-electron chi connectivity index (χ0n) is 9.93. The molecule has 1 aromatic heterocycles. The topological polar surface area (TPSA) is 73.8 Å². The van der Waals surface area contributed by atoms with Crippen LogP contribution in [0.3, 0.4) is 0 Å². The smallest absolute Gasteiger partial charge is 0.219 e. The van der Waals surface area contributed by atoms with Crippen molar-refractivity contribution in [2.24, 2.45) is 5.73 Å². The monoisotopic (exact) mass is 286 g/mol. The van der Waals surface area contributed by atoms with Crippen LogP contribution >= 0.6 is 23.4 Å². The summed E-state index contributed by atoms with van der Waals surface area (Å²) >= 11 is 7.22. The molecule has 1 aromatic rings. The molecule has 98 valence electrons. The lowest BCUT2D eigenvalue weighted by Gasteiger charge is -2.08. The van der Waals surface area contributed by atoms with Crippen LogP contribution in [0.1, 0.15) is 31.0 Å². The van der Waals surface area contributed by atoms with Gasteiger partial charge in [-0.05, 0) is 12.8 Å². The fourth-order valence-electron chi connectivity index (χ4n) is 1.63. The molecule has 0 aromatic carbocycles. The number of nitrogens with two attached hydrogens (primary N) is 1. The minimum Gasteiger partial charge on any atom is -0.370 e. The van der Waals surface area contributed by atoms with Crippen molar-refractivity contribution in [1.82, 2.24) is 14.8 Å². The van der Waals surface area contributed by atoms with Gasteiger partial charge in [0.05, 0.1) is 0 Å². The van der Waals surface area contributed by atoms with Crippen LogP contribution in [0.5, 0.6) is 0 Å². The van der Waals surface area contributed by atoms with E-state index in [4.69, 9.17) is 17.3 Å². The van der Waals surface area contributed by atoms with Crippen molar-refractivity contribution in [2.75, 3.05) is 5.75 Å². The first-order valence-electron chi connectivity index (χ1n) is 5.75. The second-order valence-electron chi connectivity index (χ2n) is 4.29. The Bertz CT molecular complexity index is 470. The molecular formula is C11H15ClN4OS. The van der Waals surface area contributed by atoms with Crippen molar-refractivity contribution in [3.63, 3.8) is 0 Å². The van der Waals surface area contributed by atoms with Gasteiger partial charge in [-0.2, -0.15) is 0 Å². The number of nitrogens with zero attached hydrogens (tertiary/aromatic N) is 3. The van der Waals surface area contributed by atoms with E-state index >= 15 is 0 Å². The maximum Gasteiger partial charge on any atom is 0.219 e. The van der Waals surface area contributed by atoms with Gasteiger partial charge in [0, 0.05) is 29.7 Å². The molecule has 0 bridgehead atoms. The molecule has 0 spiro atoms. The summed E-state index contributed by atoms with van der Waals surface area (Å²) < 4.78 is 1.98. The first kappa shape index (κ1) is 13.4. The molecule has 0 atom stereocenters. The Morgan fingerprint density at radius 3 is 2.83 bits per heavy atom. The average Bonchev–Trinajstić information content (AvgIpc) is 3.05. The lowest BCUT2D eigenvalue weighted by molar-refractivity contribution is -0.118.